The second-order valence-electron chi connectivity index (χ2n) is 2.55. The number of aryl methyl sites for hydroxylation is 1. The van der Waals surface area contributed by atoms with Crippen molar-refractivity contribution in [1.82, 2.24) is 0 Å². The van der Waals surface area contributed by atoms with E-state index in [9.17, 15) is 0 Å². The van der Waals surface area contributed by atoms with Crippen molar-refractivity contribution in [2.75, 3.05) is 13.7 Å². The van der Waals surface area contributed by atoms with Gasteiger partial charge in [-0.1, -0.05) is 30.0 Å². The summed E-state index contributed by atoms with van der Waals surface area (Å²) < 4.78 is 4.83. The fourth-order valence-corrected chi connectivity index (χ4v) is 0.917. The van der Waals surface area contributed by atoms with Crippen LogP contribution in [0.5, 0.6) is 0 Å². The second kappa shape index (κ2) is 4.58. The third kappa shape index (κ3) is 2.41. The number of hydrogen-bond donors (Lipinski definition) is 0. The van der Waals surface area contributed by atoms with Gasteiger partial charge in [0.15, 0.2) is 0 Å². The minimum Gasteiger partial charge on any atom is -0.372 e. The summed E-state index contributed by atoms with van der Waals surface area (Å²) in [6.45, 7) is 2.55. The second-order valence-corrected chi connectivity index (χ2v) is 2.55. The number of ether oxygens (including phenoxy) is 1. The van der Waals surface area contributed by atoms with Gasteiger partial charge in [-0.2, -0.15) is 0 Å². The van der Waals surface area contributed by atoms with Crippen LogP contribution >= 0.6 is 0 Å². The number of hydrogen-bond acceptors (Lipinski definition) is 1. The molecule has 0 saturated heterocycles. The van der Waals surface area contributed by atoms with E-state index < -0.39 is 0 Å². The first-order valence-electron chi connectivity index (χ1n) is 3.88. The van der Waals surface area contributed by atoms with Crippen LogP contribution in [0.2, 0.25) is 0 Å². The van der Waals surface area contributed by atoms with Crippen molar-refractivity contribution in [2.45, 2.75) is 6.92 Å². The maximum atomic E-state index is 4.83. The molecule has 1 nitrogen and oxygen atoms in total. The monoisotopic (exact) mass is 160 g/mol. The molecule has 0 radical (unpaired) electrons. The molecule has 0 unspecified atom stereocenters. The molecule has 0 bridgehead atoms. The van der Waals surface area contributed by atoms with Crippen LogP contribution in [0, 0.1) is 18.8 Å². The van der Waals surface area contributed by atoms with Crippen LogP contribution in [-0.2, 0) is 4.74 Å². The van der Waals surface area contributed by atoms with Crippen molar-refractivity contribution in [3.8, 4) is 11.8 Å². The van der Waals surface area contributed by atoms with E-state index in [4.69, 9.17) is 4.74 Å². The molecule has 0 fully saturated rings. The van der Waals surface area contributed by atoms with Gasteiger partial charge in [0.1, 0.15) is 6.61 Å². The number of methoxy groups -OCH3 is 1. The summed E-state index contributed by atoms with van der Waals surface area (Å²) in [7, 11) is 1.65. The van der Waals surface area contributed by atoms with Crippen LogP contribution in [0.1, 0.15) is 11.1 Å². The number of benzene rings is 1. The summed E-state index contributed by atoms with van der Waals surface area (Å²) in [4.78, 5) is 0. The molecule has 1 aromatic carbocycles. The topological polar surface area (TPSA) is 9.23 Å². The zero-order valence-electron chi connectivity index (χ0n) is 7.42. The Kier molecular flexibility index (Phi) is 3.37. The van der Waals surface area contributed by atoms with Gasteiger partial charge >= 0.3 is 0 Å². The molecule has 0 amide bonds. The van der Waals surface area contributed by atoms with E-state index in [0.717, 1.165) is 5.56 Å². The predicted molar refractivity (Wildman–Crippen MR) is 49.9 cm³/mol. The van der Waals surface area contributed by atoms with Crippen molar-refractivity contribution in [2.24, 2.45) is 0 Å². The summed E-state index contributed by atoms with van der Waals surface area (Å²) in [5, 5.41) is 0. The molecule has 12 heavy (non-hydrogen) atoms. The van der Waals surface area contributed by atoms with E-state index in [1.54, 1.807) is 7.11 Å². The first-order chi connectivity index (χ1) is 5.84. The van der Waals surface area contributed by atoms with Gasteiger partial charge in [0.25, 0.3) is 0 Å². The minimum atomic E-state index is 0.494. The van der Waals surface area contributed by atoms with Crippen molar-refractivity contribution >= 4 is 0 Å². The lowest BCUT2D eigenvalue weighted by Gasteiger charge is -1.94. The highest BCUT2D eigenvalue weighted by Gasteiger charge is 1.89. The normalized spacial score (nSPS) is 8.83. The van der Waals surface area contributed by atoms with E-state index in [1.807, 2.05) is 18.2 Å². The van der Waals surface area contributed by atoms with Gasteiger partial charge < -0.3 is 4.74 Å². The molecule has 0 spiro atoms. The van der Waals surface area contributed by atoms with E-state index in [1.165, 1.54) is 5.56 Å². The molecule has 0 aliphatic carbocycles. The van der Waals surface area contributed by atoms with Gasteiger partial charge in [-0.05, 0) is 18.6 Å². The third-order valence-corrected chi connectivity index (χ3v) is 1.58. The van der Waals surface area contributed by atoms with Crippen molar-refractivity contribution in [3.05, 3.63) is 35.4 Å². The molecular formula is C11H12O. The van der Waals surface area contributed by atoms with Crippen LogP contribution in [0.15, 0.2) is 24.3 Å². The van der Waals surface area contributed by atoms with E-state index in [0.29, 0.717) is 6.61 Å². The van der Waals surface area contributed by atoms with Gasteiger partial charge in [-0.3, -0.25) is 0 Å². The van der Waals surface area contributed by atoms with Gasteiger partial charge in [-0.25, -0.2) is 0 Å². The van der Waals surface area contributed by atoms with Crippen LogP contribution in [0.4, 0.5) is 0 Å². The average Bonchev–Trinajstić information content (AvgIpc) is 2.09. The lowest BCUT2D eigenvalue weighted by Crippen LogP contribution is -1.83. The maximum Gasteiger partial charge on any atom is 0.107 e. The Morgan fingerprint density at radius 1 is 1.33 bits per heavy atom. The molecule has 0 N–H and O–H groups in total. The maximum absolute atomic E-state index is 4.83. The number of rotatable bonds is 1. The molecule has 1 heteroatoms. The summed E-state index contributed by atoms with van der Waals surface area (Å²) in [6.07, 6.45) is 0. The minimum absolute atomic E-state index is 0.494. The van der Waals surface area contributed by atoms with Crippen molar-refractivity contribution in [1.29, 1.82) is 0 Å². The van der Waals surface area contributed by atoms with Crippen LogP contribution in [0.3, 0.4) is 0 Å². The lowest BCUT2D eigenvalue weighted by atomic mass is 10.1. The smallest absolute Gasteiger partial charge is 0.107 e. The van der Waals surface area contributed by atoms with Crippen LogP contribution < -0.4 is 0 Å². The fraction of sp³-hybridized carbons (Fsp3) is 0.273. The Labute approximate surface area is 73.4 Å². The molecule has 0 atom stereocenters. The predicted octanol–water partition coefficient (Wildman–Crippen LogP) is 1.99. The first-order valence-corrected chi connectivity index (χ1v) is 3.88. The third-order valence-electron chi connectivity index (χ3n) is 1.58. The van der Waals surface area contributed by atoms with Crippen molar-refractivity contribution < 1.29 is 4.74 Å². The van der Waals surface area contributed by atoms with Crippen LogP contribution in [-0.4, -0.2) is 13.7 Å². The summed E-state index contributed by atoms with van der Waals surface area (Å²) in [6, 6.07) is 8.06. The molecular weight excluding hydrogens is 148 g/mol. The first kappa shape index (κ1) is 8.83. The van der Waals surface area contributed by atoms with Gasteiger partial charge in [0, 0.05) is 12.7 Å². The van der Waals surface area contributed by atoms with E-state index in [-0.39, 0.29) is 0 Å². The van der Waals surface area contributed by atoms with Crippen molar-refractivity contribution in [3.63, 3.8) is 0 Å². The highest BCUT2D eigenvalue weighted by molar-refractivity contribution is 5.40. The Morgan fingerprint density at radius 3 is 2.75 bits per heavy atom. The highest BCUT2D eigenvalue weighted by Crippen LogP contribution is 2.03. The standard InChI is InChI=1S/C11H12O/c1-10-6-3-4-7-11(10)8-5-9-12-2/h3-4,6-7H,9H2,1-2H3. The molecule has 0 aliphatic rings. The van der Waals surface area contributed by atoms with Gasteiger partial charge in [0.2, 0.25) is 0 Å². The SMILES string of the molecule is COCC#Cc1ccccc1C. The Bertz CT molecular complexity index is 304. The fourth-order valence-electron chi connectivity index (χ4n) is 0.917. The van der Waals surface area contributed by atoms with E-state index >= 15 is 0 Å². The summed E-state index contributed by atoms with van der Waals surface area (Å²) in [5.74, 6) is 5.96. The van der Waals surface area contributed by atoms with Crippen LogP contribution in [0.25, 0.3) is 0 Å². The molecule has 62 valence electrons. The molecule has 1 rings (SSSR count). The molecule has 0 aromatic heterocycles. The van der Waals surface area contributed by atoms with E-state index in [2.05, 4.69) is 24.8 Å². The Morgan fingerprint density at radius 2 is 2.08 bits per heavy atom. The molecule has 0 saturated carbocycles. The average molecular weight is 160 g/mol. The highest BCUT2D eigenvalue weighted by atomic mass is 16.5. The molecule has 1 aromatic rings. The zero-order valence-corrected chi connectivity index (χ0v) is 7.42. The molecule has 0 heterocycles. The largest absolute Gasteiger partial charge is 0.372 e. The summed E-state index contributed by atoms with van der Waals surface area (Å²) >= 11 is 0. The quantitative estimate of drug-likeness (QED) is 0.571. The zero-order chi connectivity index (χ0) is 8.81. The van der Waals surface area contributed by atoms with Gasteiger partial charge in [0.05, 0.1) is 0 Å². The Hall–Kier alpha value is -1.26. The summed E-state index contributed by atoms with van der Waals surface area (Å²) in [5.41, 5.74) is 2.29. The Balaban J connectivity index is 2.77. The molecule has 0 aliphatic heterocycles. The lowest BCUT2D eigenvalue weighted by molar-refractivity contribution is 0.240. The van der Waals surface area contributed by atoms with Gasteiger partial charge in [-0.15, -0.1) is 0 Å².